The smallest absolute Gasteiger partial charge is 0.376 e. The van der Waals surface area contributed by atoms with Gasteiger partial charge in [-0.25, -0.2) is 13.6 Å². The molecule has 0 amide bonds. The van der Waals surface area contributed by atoms with Crippen molar-refractivity contribution in [2.24, 2.45) is 0 Å². The molecular formula is C16H11F2IN2O3. The van der Waals surface area contributed by atoms with E-state index in [9.17, 15) is 13.6 Å². The molecule has 0 aliphatic rings. The van der Waals surface area contributed by atoms with Gasteiger partial charge in [-0.1, -0.05) is 0 Å². The van der Waals surface area contributed by atoms with Gasteiger partial charge in [0.15, 0.2) is 11.6 Å². The molecule has 3 aromatic rings. The standard InChI is InChI=1S/C16H11F2IN2O3/c1-2-23-16(22)15-13(9-7-20-4-3-12(9)24-15)21-14-10(17)5-8(19)6-11(14)18/h3-7,21H,2H2,1H3. The summed E-state index contributed by atoms with van der Waals surface area (Å²) in [5, 5.41) is 3.03. The maximum absolute atomic E-state index is 14.1. The minimum atomic E-state index is -0.785. The third-order valence-corrected chi connectivity index (χ3v) is 3.83. The van der Waals surface area contributed by atoms with Gasteiger partial charge in [0.1, 0.15) is 17.0 Å². The van der Waals surface area contributed by atoms with Gasteiger partial charge in [0.25, 0.3) is 0 Å². The highest BCUT2D eigenvalue weighted by Gasteiger charge is 2.24. The van der Waals surface area contributed by atoms with Crippen LogP contribution in [0.15, 0.2) is 35.0 Å². The molecule has 0 saturated carbocycles. The molecule has 0 radical (unpaired) electrons. The highest BCUT2D eigenvalue weighted by Crippen LogP contribution is 2.35. The number of furan rings is 1. The Labute approximate surface area is 149 Å². The number of esters is 1. The fourth-order valence-corrected chi connectivity index (χ4v) is 2.74. The minimum absolute atomic E-state index is 0.107. The van der Waals surface area contributed by atoms with Gasteiger partial charge in [0, 0.05) is 16.0 Å². The number of pyridine rings is 1. The van der Waals surface area contributed by atoms with Crippen LogP contribution in [0.2, 0.25) is 0 Å². The van der Waals surface area contributed by atoms with E-state index in [1.807, 2.05) is 22.6 Å². The maximum atomic E-state index is 14.1. The summed E-state index contributed by atoms with van der Waals surface area (Å²) < 4.78 is 39.0. The molecular weight excluding hydrogens is 433 g/mol. The lowest BCUT2D eigenvalue weighted by Crippen LogP contribution is -2.07. The average Bonchev–Trinajstić information content (AvgIpc) is 2.90. The fraction of sp³-hybridized carbons (Fsp3) is 0.125. The Kier molecular flexibility index (Phi) is 4.65. The topological polar surface area (TPSA) is 64.4 Å². The number of hydrogen-bond acceptors (Lipinski definition) is 5. The highest BCUT2D eigenvalue weighted by atomic mass is 127. The molecule has 1 N–H and O–H groups in total. The molecule has 0 saturated heterocycles. The van der Waals surface area contributed by atoms with Crippen LogP contribution in [0.25, 0.3) is 11.0 Å². The number of rotatable bonds is 4. The molecule has 5 nitrogen and oxygen atoms in total. The second kappa shape index (κ2) is 6.71. The van der Waals surface area contributed by atoms with Crippen molar-refractivity contribution in [3.63, 3.8) is 0 Å². The van der Waals surface area contributed by atoms with E-state index in [0.717, 1.165) is 0 Å². The van der Waals surface area contributed by atoms with Gasteiger partial charge in [0.2, 0.25) is 5.76 Å². The molecule has 0 aliphatic carbocycles. The normalized spacial score (nSPS) is 10.8. The van der Waals surface area contributed by atoms with E-state index >= 15 is 0 Å². The minimum Gasteiger partial charge on any atom is -0.460 e. The molecule has 124 valence electrons. The Balaban J connectivity index is 2.15. The number of carbonyl (C=O) groups excluding carboxylic acids is 1. The summed E-state index contributed by atoms with van der Waals surface area (Å²) in [4.78, 5) is 16.0. The van der Waals surface area contributed by atoms with Gasteiger partial charge < -0.3 is 14.5 Å². The first-order valence-electron chi connectivity index (χ1n) is 6.96. The highest BCUT2D eigenvalue weighted by molar-refractivity contribution is 14.1. The third-order valence-electron chi connectivity index (χ3n) is 3.21. The van der Waals surface area contributed by atoms with Gasteiger partial charge in [-0.3, -0.25) is 4.98 Å². The van der Waals surface area contributed by atoms with Gasteiger partial charge >= 0.3 is 5.97 Å². The zero-order valence-electron chi connectivity index (χ0n) is 12.4. The number of carbonyl (C=O) groups is 1. The van der Waals surface area contributed by atoms with E-state index in [2.05, 4.69) is 10.3 Å². The Morgan fingerprint density at radius 1 is 1.33 bits per heavy atom. The first-order chi connectivity index (χ1) is 11.5. The molecule has 0 aliphatic heterocycles. The molecule has 1 aromatic carbocycles. The lowest BCUT2D eigenvalue weighted by Gasteiger charge is -2.09. The van der Waals surface area contributed by atoms with Gasteiger partial charge in [-0.2, -0.15) is 0 Å². The van der Waals surface area contributed by atoms with E-state index in [1.165, 1.54) is 24.5 Å². The van der Waals surface area contributed by atoms with Gasteiger partial charge in [-0.05, 0) is 47.7 Å². The van der Waals surface area contributed by atoms with Gasteiger partial charge in [-0.15, -0.1) is 0 Å². The number of nitrogens with zero attached hydrogens (tertiary/aromatic N) is 1. The molecule has 0 fully saturated rings. The number of hydrogen-bond donors (Lipinski definition) is 1. The predicted octanol–water partition coefficient (Wildman–Crippen LogP) is 4.63. The third kappa shape index (κ3) is 3.05. The summed E-state index contributed by atoms with van der Waals surface area (Å²) in [5.41, 5.74) is 0.0740. The average molecular weight is 444 g/mol. The van der Waals surface area contributed by atoms with Crippen molar-refractivity contribution in [3.8, 4) is 0 Å². The van der Waals surface area contributed by atoms with Crippen molar-refractivity contribution in [2.45, 2.75) is 6.92 Å². The van der Waals surface area contributed by atoms with Crippen molar-refractivity contribution in [1.29, 1.82) is 0 Å². The quantitative estimate of drug-likeness (QED) is 0.470. The van der Waals surface area contributed by atoms with Gasteiger partial charge in [0.05, 0.1) is 12.0 Å². The Bertz CT molecular complexity index is 904. The number of fused-ring (bicyclic) bond motifs is 1. The van der Waals surface area contributed by atoms with Crippen LogP contribution in [0, 0.1) is 15.2 Å². The van der Waals surface area contributed by atoms with Crippen molar-refractivity contribution in [2.75, 3.05) is 11.9 Å². The molecule has 0 unspecified atom stereocenters. The predicted molar refractivity (Wildman–Crippen MR) is 92.3 cm³/mol. The van der Waals surface area contributed by atoms with E-state index in [4.69, 9.17) is 9.15 Å². The van der Waals surface area contributed by atoms with E-state index in [-0.39, 0.29) is 23.7 Å². The van der Waals surface area contributed by atoms with Crippen molar-refractivity contribution in [3.05, 3.63) is 51.6 Å². The molecule has 0 bridgehead atoms. The van der Waals surface area contributed by atoms with Crippen LogP contribution >= 0.6 is 22.6 Å². The molecule has 24 heavy (non-hydrogen) atoms. The van der Waals surface area contributed by atoms with Crippen LogP contribution in [0.1, 0.15) is 17.5 Å². The van der Waals surface area contributed by atoms with Crippen LogP contribution in [0.5, 0.6) is 0 Å². The molecule has 0 atom stereocenters. The van der Waals surface area contributed by atoms with Crippen molar-refractivity contribution < 1.29 is 22.7 Å². The van der Waals surface area contributed by atoms with E-state index < -0.39 is 17.6 Å². The monoisotopic (exact) mass is 444 g/mol. The second-order valence-corrected chi connectivity index (χ2v) is 6.01. The Morgan fingerprint density at radius 3 is 2.71 bits per heavy atom. The molecule has 2 heterocycles. The zero-order chi connectivity index (χ0) is 17.3. The first kappa shape index (κ1) is 16.6. The van der Waals surface area contributed by atoms with Crippen LogP contribution in [-0.4, -0.2) is 17.6 Å². The molecule has 3 rings (SSSR count). The zero-order valence-corrected chi connectivity index (χ0v) is 14.6. The first-order valence-corrected chi connectivity index (χ1v) is 8.04. The van der Waals surface area contributed by atoms with E-state index in [1.54, 1.807) is 13.0 Å². The Hall–Kier alpha value is -2.23. The van der Waals surface area contributed by atoms with Crippen LogP contribution in [0.4, 0.5) is 20.2 Å². The lowest BCUT2D eigenvalue weighted by atomic mass is 10.2. The molecule has 8 heteroatoms. The number of benzene rings is 1. The van der Waals surface area contributed by atoms with Crippen molar-refractivity contribution >= 4 is 50.9 Å². The summed E-state index contributed by atoms with van der Waals surface area (Å²) in [7, 11) is 0. The second-order valence-electron chi connectivity index (χ2n) is 4.77. The maximum Gasteiger partial charge on any atom is 0.376 e. The number of halogens is 3. The lowest BCUT2D eigenvalue weighted by molar-refractivity contribution is 0.0494. The summed E-state index contributed by atoms with van der Waals surface area (Å²) in [6.45, 7) is 1.79. The number of ether oxygens (including phenoxy) is 1. The SMILES string of the molecule is CCOC(=O)c1oc2ccncc2c1Nc1c(F)cc(I)cc1F. The van der Waals surface area contributed by atoms with Crippen LogP contribution < -0.4 is 5.32 Å². The largest absolute Gasteiger partial charge is 0.460 e. The molecule has 2 aromatic heterocycles. The molecule has 0 spiro atoms. The fourth-order valence-electron chi connectivity index (χ4n) is 2.19. The van der Waals surface area contributed by atoms with Crippen LogP contribution in [0.3, 0.4) is 0 Å². The van der Waals surface area contributed by atoms with Crippen molar-refractivity contribution in [1.82, 2.24) is 4.98 Å². The van der Waals surface area contributed by atoms with E-state index in [0.29, 0.717) is 14.5 Å². The number of aromatic nitrogens is 1. The Morgan fingerprint density at radius 2 is 2.04 bits per heavy atom. The number of nitrogens with one attached hydrogen (secondary N) is 1. The summed E-state index contributed by atoms with van der Waals surface area (Å²) in [6.07, 6.45) is 2.92. The number of anilines is 2. The van der Waals surface area contributed by atoms with Crippen LogP contribution in [-0.2, 0) is 4.74 Å². The summed E-state index contributed by atoms with van der Waals surface area (Å²) in [5.74, 6) is -2.47. The summed E-state index contributed by atoms with van der Waals surface area (Å²) >= 11 is 1.81. The summed E-state index contributed by atoms with van der Waals surface area (Å²) in [6, 6.07) is 3.90.